The van der Waals surface area contributed by atoms with Crippen LogP contribution in [0.15, 0.2) is 47.6 Å². The summed E-state index contributed by atoms with van der Waals surface area (Å²) in [7, 11) is 0. The lowest BCUT2D eigenvalue weighted by molar-refractivity contribution is -0.141. The van der Waals surface area contributed by atoms with Gasteiger partial charge in [-0.25, -0.2) is 0 Å². The van der Waals surface area contributed by atoms with Crippen LogP contribution in [0.3, 0.4) is 0 Å². The average Bonchev–Trinajstić information content (AvgIpc) is 2.93. The Bertz CT molecular complexity index is 1210. The van der Waals surface area contributed by atoms with Crippen molar-refractivity contribution in [3.63, 3.8) is 0 Å². The highest BCUT2D eigenvalue weighted by Gasteiger charge is 2.35. The van der Waals surface area contributed by atoms with Gasteiger partial charge in [0.2, 0.25) is 11.8 Å². The summed E-state index contributed by atoms with van der Waals surface area (Å²) < 4.78 is 39.5. The van der Waals surface area contributed by atoms with Gasteiger partial charge in [-0.3, -0.25) is 9.59 Å². The number of halogens is 3. The van der Waals surface area contributed by atoms with Gasteiger partial charge in [-0.2, -0.15) is 18.4 Å². The molecule has 2 aromatic rings. The molecule has 2 saturated heterocycles. The fraction of sp³-hybridized carbons (Fsp3) is 0.423. The second-order valence-electron chi connectivity index (χ2n) is 9.32. The molecule has 2 amide bonds. The summed E-state index contributed by atoms with van der Waals surface area (Å²) in [4.78, 5) is 41.6. The van der Waals surface area contributed by atoms with Gasteiger partial charge in [0.15, 0.2) is 0 Å². The van der Waals surface area contributed by atoms with E-state index in [1.807, 2.05) is 12.1 Å². The minimum absolute atomic E-state index is 0.152. The van der Waals surface area contributed by atoms with E-state index >= 15 is 0 Å². The predicted octanol–water partition coefficient (Wildman–Crippen LogP) is 4.12. The van der Waals surface area contributed by atoms with Crippen LogP contribution in [0.4, 0.5) is 30.2 Å². The first-order valence-corrected chi connectivity index (χ1v) is 12.3. The van der Waals surface area contributed by atoms with Gasteiger partial charge >= 0.3 is 6.18 Å². The Morgan fingerprint density at radius 3 is 2.11 bits per heavy atom. The second kappa shape index (κ2) is 11.5. The van der Waals surface area contributed by atoms with Crippen molar-refractivity contribution in [3.8, 4) is 6.07 Å². The van der Waals surface area contributed by atoms with Crippen LogP contribution in [-0.4, -0.2) is 66.9 Å². The normalized spacial score (nSPS) is 16.6. The Morgan fingerprint density at radius 2 is 1.55 bits per heavy atom. The maximum atomic E-state index is 13.2. The number of anilines is 2. The number of nitriles is 1. The number of alkyl halides is 3. The maximum Gasteiger partial charge on any atom is 0.418 e. The number of benzene rings is 2. The van der Waals surface area contributed by atoms with Crippen LogP contribution in [0.25, 0.3) is 0 Å². The van der Waals surface area contributed by atoms with Crippen LogP contribution in [-0.2, 0) is 15.8 Å². The predicted molar refractivity (Wildman–Crippen MR) is 135 cm³/mol. The molecule has 9 nitrogen and oxygen atoms in total. The molecule has 0 aromatic heterocycles. The first-order valence-electron chi connectivity index (χ1n) is 12.3. The number of hydrogen-bond acceptors (Lipinski definition) is 7. The number of carbonyl (C=O) groups excluding carboxylic acids is 2. The molecule has 2 aliphatic heterocycles. The van der Waals surface area contributed by atoms with Crippen LogP contribution in [0.5, 0.6) is 0 Å². The van der Waals surface area contributed by atoms with Crippen LogP contribution >= 0.6 is 0 Å². The number of nitrogens with zero attached hydrogens (tertiary/aromatic N) is 5. The zero-order valence-electron chi connectivity index (χ0n) is 20.6. The van der Waals surface area contributed by atoms with E-state index < -0.39 is 17.4 Å². The van der Waals surface area contributed by atoms with Crippen molar-refractivity contribution < 1.29 is 22.8 Å². The Morgan fingerprint density at radius 1 is 0.947 bits per heavy atom. The summed E-state index contributed by atoms with van der Waals surface area (Å²) in [6.07, 6.45) is -3.89. The summed E-state index contributed by atoms with van der Waals surface area (Å²) in [5.74, 6) is -0.484. The molecule has 0 saturated carbocycles. The number of likely N-dealkylation sites (tertiary alicyclic amines) is 1. The van der Waals surface area contributed by atoms with Crippen molar-refractivity contribution >= 4 is 28.9 Å². The number of piperidine rings is 1. The highest BCUT2D eigenvalue weighted by Crippen LogP contribution is 2.38. The summed E-state index contributed by atoms with van der Waals surface area (Å²) in [5, 5.41) is 14.4. The van der Waals surface area contributed by atoms with E-state index in [0.717, 1.165) is 17.8 Å². The topological polar surface area (TPSA) is 109 Å². The first kappa shape index (κ1) is 26.9. The molecule has 38 heavy (non-hydrogen) atoms. The Hall–Kier alpha value is -4.14. The molecule has 0 radical (unpaired) electrons. The van der Waals surface area contributed by atoms with Crippen molar-refractivity contribution in [1.29, 1.82) is 5.26 Å². The van der Waals surface area contributed by atoms with Crippen molar-refractivity contribution in [2.45, 2.75) is 31.5 Å². The van der Waals surface area contributed by atoms with Gasteiger partial charge in [-0.05, 0) is 60.5 Å². The molecular formula is C26H27F3N6O3. The maximum absolute atomic E-state index is 13.2. The number of nitrogens with one attached hydrogen (secondary N) is 1. The Balaban J connectivity index is 1.23. The van der Waals surface area contributed by atoms with E-state index in [1.165, 1.54) is 6.07 Å². The number of amides is 2. The highest BCUT2D eigenvalue weighted by molar-refractivity contribution is 5.97. The SMILES string of the molecule is N#Cc1ccc(N2CCN(C(=O)CC(=O)N3CCC(Nc4ccc(N=O)c(C(F)(F)F)c4)CC3)CC2)cc1. The minimum atomic E-state index is -4.69. The lowest BCUT2D eigenvalue weighted by Crippen LogP contribution is -2.50. The molecule has 0 spiro atoms. The molecule has 2 heterocycles. The highest BCUT2D eigenvalue weighted by atomic mass is 19.4. The van der Waals surface area contributed by atoms with Gasteiger partial charge in [-0.15, -0.1) is 4.91 Å². The molecule has 200 valence electrons. The molecule has 0 bridgehead atoms. The summed E-state index contributed by atoms with van der Waals surface area (Å²) in [5.41, 5.74) is 0.0342. The number of hydrogen-bond donors (Lipinski definition) is 1. The third-order valence-electron chi connectivity index (χ3n) is 6.92. The lowest BCUT2D eigenvalue weighted by Gasteiger charge is -2.37. The van der Waals surface area contributed by atoms with Crippen LogP contribution in [0, 0.1) is 16.2 Å². The smallest absolute Gasteiger partial charge is 0.382 e. The fourth-order valence-electron chi connectivity index (χ4n) is 4.76. The summed E-state index contributed by atoms with van der Waals surface area (Å²) in [6, 6.07) is 12.5. The van der Waals surface area contributed by atoms with Crippen molar-refractivity contribution in [2.24, 2.45) is 5.18 Å². The summed E-state index contributed by atoms with van der Waals surface area (Å²) >= 11 is 0. The zero-order chi connectivity index (χ0) is 27.3. The first-order chi connectivity index (χ1) is 18.2. The molecule has 2 aliphatic rings. The largest absolute Gasteiger partial charge is 0.418 e. The van der Waals surface area contributed by atoms with E-state index in [0.29, 0.717) is 57.7 Å². The van der Waals surface area contributed by atoms with Crippen molar-refractivity contribution in [3.05, 3.63) is 58.5 Å². The van der Waals surface area contributed by atoms with E-state index in [2.05, 4.69) is 21.5 Å². The number of carbonyl (C=O) groups is 2. The molecule has 12 heteroatoms. The van der Waals surface area contributed by atoms with Gasteiger partial charge in [0.1, 0.15) is 12.1 Å². The molecule has 2 aromatic carbocycles. The third-order valence-corrected chi connectivity index (χ3v) is 6.92. The van der Waals surface area contributed by atoms with Crippen molar-refractivity contribution in [2.75, 3.05) is 49.5 Å². The molecule has 0 atom stereocenters. The van der Waals surface area contributed by atoms with E-state index in [9.17, 15) is 27.7 Å². The molecule has 1 N–H and O–H groups in total. The average molecular weight is 529 g/mol. The molecular weight excluding hydrogens is 501 g/mol. The van der Waals surface area contributed by atoms with Crippen LogP contribution in [0.2, 0.25) is 0 Å². The second-order valence-corrected chi connectivity index (χ2v) is 9.32. The van der Waals surface area contributed by atoms with Crippen molar-refractivity contribution in [1.82, 2.24) is 9.80 Å². The monoisotopic (exact) mass is 528 g/mol. The number of nitroso groups, excluding NO2 is 1. The number of piperazine rings is 1. The van der Waals surface area contributed by atoms with Crippen LogP contribution < -0.4 is 10.2 Å². The lowest BCUT2D eigenvalue weighted by atomic mass is 10.0. The fourth-order valence-corrected chi connectivity index (χ4v) is 4.76. The quantitative estimate of drug-likeness (QED) is 0.446. The van der Waals surface area contributed by atoms with E-state index in [4.69, 9.17) is 5.26 Å². The molecule has 2 fully saturated rings. The Kier molecular flexibility index (Phi) is 8.14. The summed E-state index contributed by atoms with van der Waals surface area (Å²) in [6.45, 7) is 3.02. The zero-order valence-corrected chi connectivity index (χ0v) is 20.6. The molecule has 4 rings (SSSR count). The minimum Gasteiger partial charge on any atom is -0.382 e. The molecule has 0 unspecified atom stereocenters. The Labute approximate surface area is 217 Å². The van der Waals surface area contributed by atoms with Gasteiger partial charge in [0.05, 0.1) is 17.2 Å². The van der Waals surface area contributed by atoms with Gasteiger partial charge < -0.3 is 20.0 Å². The van der Waals surface area contributed by atoms with Gasteiger partial charge in [0, 0.05) is 56.7 Å². The molecule has 0 aliphatic carbocycles. The van der Waals surface area contributed by atoms with Crippen LogP contribution in [0.1, 0.15) is 30.4 Å². The standard InChI is InChI=1S/C26H27F3N6O3/c27-26(28,29)22-15-20(3-6-23(22)32-38)31-19-7-9-34(10-8-19)24(36)16-25(37)35-13-11-33(12-14-35)21-4-1-18(17-30)2-5-21/h1-6,15,19,31H,7-14,16H2. The number of rotatable bonds is 6. The van der Waals surface area contributed by atoms with E-state index in [-0.39, 0.29) is 30.0 Å². The van der Waals surface area contributed by atoms with Gasteiger partial charge in [-0.1, -0.05) is 0 Å². The van der Waals surface area contributed by atoms with E-state index in [1.54, 1.807) is 21.9 Å². The third kappa shape index (κ3) is 6.40. The van der Waals surface area contributed by atoms with Gasteiger partial charge in [0.25, 0.3) is 0 Å².